The fourth-order valence-corrected chi connectivity index (χ4v) is 2.85. The summed E-state index contributed by atoms with van der Waals surface area (Å²) in [4.78, 5) is 12.1. The standard InChI is InChI=1S/C14H20N2O3/c17-14(15-7-5-10-6-8-18-9-10)13-11-3-1-2-4-12(11)19-16-13/h10H,1-9H2,(H,15,17). The van der Waals surface area contributed by atoms with E-state index in [4.69, 9.17) is 9.26 Å². The van der Waals surface area contributed by atoms with Crippen molar-refractivity contribution in [2.24, 2.45) is 5.92 Å². The van der Waals surface area contributed by atoms with Gasteiger partial charge >= 0.3 is 0 Å². The van der Waals surface area contributed by atoms with E-state index in [1.165, 1.54) is 0 Å². The van der Waals surface area contributed by atoms with E-state index >= 15 is 0 Å². The first-order chi connectivity index (χ1) is 9.34. The molecule has 5 heteroatoms. The SMILES string of the molecule is O=C(NCCC1CCOC1)c1noc2c1CCCC2. The highest BCUT2D eigenvalue weighted by Crippen LogP contribution is 2.24. The van der Waals surface area contributed by atoms with Crippen LogP contribution in [0.15, 0.2) is 4.52 Å². The van der Waals surface area contributed by atoms with E-state index < -0.39 is 0 Å². The molecular formula is C14H20N2O3. The number of aromatic nitrogens is 1. The van der Waals surface area contributed by atoms with E-state index in [2.05, 4.69) is 10.5 Å². The Morgan fingerprint density at radius 2 is 2.26 bits per heavy atom. The molecule has 1 aromatic rings. The predicted octanol–water partition coefficient (Wildman–Crippen LogP) is 1.71. The lowest BCUT2D eigenvalue weighted by molar-refractivity contribution is 0.0940. The van der Waals surface area contributed by atoms with Gasteiger partial charge in [-0.1, -0.05) is 5.16 Å². The van der Waals surface area contributed by atoms with Crippen LogP contribution in [0.1, 0.15) is 47.5 Å². The number of hydrogen-bond acceptors (Lipinski definition) is 4. The molecule has 1 N–H and O–H groups in total. The van der Waals surface area contributed by atoms with E-state index in [1.54, 1.807) is 0 Å². The smallest absolute Gasteiger partial charge is 0.273 e. The van der Waals surface area contributed by atoms with Crippen LogP contribution >= 0.6 is 0 Å². The van der Waals surface area contributed by atoms with Gasteiger partial charge in [-0.25, -0.2) is 0 Å². The minimum atomic E-state index is -0.0918. The van der Waals surface area contributed by atoms with Crippen LogP contribution < -0.4 is 5.32 Å². The molecule has 1 fully saturated rings. The molecule has 1 saturated heterocycles. The van der Waals surface area contributed by atoms with Gasteiger partial charge in [-0.15, -0.1) is 0 Å². The van der Waals surface area contributed by atoms with Crippen molar-refractivity contribution in [1.82, 2.24) is 10.5 Å². The highest BCUT2D eigenvalue weighted by molar-refractivity contribution is 5.93. The van der Waals surface area contributed by atoms with Gasteiger partial charge in [0.15, 0.2) is 5.69 Å². The minimum absolute atomic E-state index is 0.0918. The Morgan fingerprint density at radius 3 is 3.11 bits per heavy atom. The molecule has 2 aliphatic rings. The number of carbonyl (C=O) groups excluding carboxylic acids is 1. The molecule has 0 bridgehead atoms. The largest absolute Gasteiger partial charge is 0.381 e. The van der Waals surface area contributed by atoms with Crippen molar-refractivity contribution >= 4 is 5.91 Å². The first-order valence-corrected chi connectivity index (χ1v) is 7.18. The molecule has 1 atom stereocenters. The molecule has 0 spiro atoms. The molecular weight excluding hydrogens is 244 g/mol. The topological polar surface area (TPSA) is 64.4 Å². The minimum Gasteiger partial charge on any atom is -0.381 e. The maximum absolute atomic E-state index is 12.1. The lowest BCUT2D eigenvalue weighted by Crippen LogP contribution is -2.27. The summed E-state index contributed by atoms with van der Waals surface area (Å²) in [7, 11) is 0. The molecule has 1 aliphatic carbocycles. The Bertz CT molecular complexity index is 450. The molecule has 0 aromatic carbocycles. The van der Waals surface area contributed by atoms with Crippen molar-refractivity contribution < 1.29 is 14.1 Å². The van der Waals surface area contributed by atoms with E-state index in [0.29, 0.717) is 18.2 Å². The van der Waals surface area contributed by atoms with Crippen LogP contribution in [0.4, 0.5) is 0 Å². The van der Waals surface area contributed by atoms with Crippen molar-refractivity contribution in [2.75, 3.05) is 19.8 Å². The zero-order chi connectivity index (χ0) is 13.1. The van der Waals surface area contributed by atoms with Gasteiger partial charge in [-0.05, 0) is 38.0 Å². The highest BCUT2D eigenvalue weighted by Gasteiger charge is 2.24. The fourth-order valence-electron chi connectivity index (χ4n) is 2.85. The highest BCUT2D eigenvalue weighted by atomic mass is 16.5. The van der Waals surface area contributed by atoms with Crippen LogP contribution in [-0.4, -0.2) is 30.8 Å². The summed E-state index contributed by atoms with van der Waals surface area (Å²) < 4.78 is 10.6. The fraction of sp³-hybridized carbons (Fsp3) is 0.714. The summed E-state index contributed by atoms with van der Waals surface area (Å²) in [5, 5.41) is 6.88. The van der Waals surface area contributed by atoms with Crippen molar-refractivity contribution in [2.45, 2.75) is 38.5 Å². The molecule has 19 heavy (non-hydrogen) atoms. The second-order valence-corrected chi connectivity index (χ2v) is 5.41. The maximum Gasteiger partial charge on any atom is 0.273 e. The van der Waals surface area contributed by atoms with Gasteiger partial charge in [0, 0.05) is 31.7 Å². The lowest BCUT2D eigenvalue weighted by atomic mass is 9.96. The number of aryl methyl sites for hydroxylation is 1. The Morgan fingerprint density at radius 1 is 1.37 bits per heavy atom. The third-order valence-electron chi connectivity index (χ3n) is 4.03. The normalized spacial score (nSPS) is 22.2. The van der Waals surface area contributed by atoms with Crippen molar-refractivity contribution in [1.29, 1.82) is 0 Å². The van der Waals surface area contributed by atoms with Crippen LogP contribution in [0, 0.1) is 5.92 Å². The van der Waals surface area contributed by atoms with Crippen LogP contribution in [0.2, 0.25) is 0 Å². The first-order valence-electron chi connectivity index (χ1n) is 7.18. The third-order valence-corrected chi connectivity index (χ3v) is 4.03. The Labute approximate surface area is 112 Å². The number of fused-ring (bicyclic) bond motifs is 1. The van der Waals surface area contributed by atoms with E-state index in [9.17, 15) is 4.79 Å². The number of ether oxygens (including phenoxy) is 1. The molecule has 1 amide bonds. The van der Waals surface area contributed by atoms with Crippen LogP contribution in [0.25, 0.3) is 0 Å². The van der Waals surface area contributed by atoms with Gasteiger partial charge in [0.1, 0.15) is 5.76 Å². The summed E-state index contributed by atoms with van der Waals surface area (Å²) in [5.74, 6) is 1.40. The number of rotatable bonds is 4. The first kappa shape index (κ1) is 12.7. The number of nitrogens with zero attached hydrogens (tertiary/aromatic N) is 1. The van der Waals surface area contributed by atoms with Gasteiger partial charge in [0.2, 0.25) is 0 Å². The van der Waals surface area contributed by atoms with E-state index in [-0.39, 0.29) is 5.91 Å². The quantitative estimate of drug-likeness (QED) is 0.899. The maximum atomic E-state index is 12.1. The molecule has 0 radical (unpaired) electrons. The molecule has 3 rings (SSSR count). The van der Waals surface area contributed by atoms with Gasteiger partial charge in [-0.2, -0.15) is 0 Å². The summed E-state index contributed by atoms with van der Waals surface area (Å²) in [6, 6.07) is 0. The Hall–Kier alpha value is -1.36. The number of carbonyl (C=O) groups is 1. The molecule has 5 nitrogen and oxygen atoms in total. The number of hydrogen-bond donors (Lipinski definition) is 1. The third kappa shape index (κ3) is 2.81. The molecule has 1 aromatic heterocycles. The number of nitrogens with one attached hydrogen (secondary N) is 1. The van der Waals surface area contributed by atoms with Gasteiger partial charge in [0.05, 0.1) is 0 Å². The number of amides is 1. The van der Waals surface area contributed by atoms with Crippen LogP contribution in [0.3, 0.4) is 0 Å². The summed E-state index contributed by atoms with van der Waals surface area (Å²) in [6.45, 7) is 2.37. The van der Waals surface area contributed by atoms with Crippen molar-refractivity contribution in [3.8, 4) is 0 Å². The molecule has 1 aliphatic heterocycles. The summed E-state index contributed by atoms with van der Waals surface area (Å²) in [5.41, 5.74) is 1.52. The average Bonchev–Trinajstić information content (AvgIpc) is 3.07. The van der Waals surface area contributed by atoms with Crippen LogP contribution in [0.5, 0.6) is 0 Å². The summed E-state index contributed by atoms with van der Waals surface area (Å²) >= 11 is 0. The molecule has 2 heterocycles. The average molecular weight is 264 g/mol. The molecule has 0 saturated carbocycles. The van der Waals surface area contributed by atoms with E-state index in [1.807, 2.05) is 0 Å². The molecule has 104 valence electrons. The van der Waals surface area contributed by atoms with E-state index in [0.717, 1.165) is 63.1 Å². The van der Waals surface area contributed by atoms with Gasteiger partial charge in [-0.3, -0.25) is 4.79 Å². The second-order valence-electron chi connectivity index (χ2n) is 5.41. The zero-order valence-electron chi connectivity index (χ0n) is 11.1. The van der Waals surface area contributed by atoms with Gasteiger partial charge in [0.25, 0.3) is 5.91 Å². The summed E-state index contributed by atoms with van der Waals surface area (Å²) in [6.07, 6.45) is 6.16. The van der Waals surface area contributed by atoms with Crippen molar-refractivity contribution in [3.63, 3.8) is 0 Å². The molecule has 1 unspecified atom stereocenters. The Balaban J connectivity index is 1.53. The van der Waals surface area contributed by atoms with Crippen LogP contribution in [-0.2, 0) is 17.6 Å². The second kappa shape index (κ2) is 5.74. The predicted molar refractivity (Wildman–Crippen MR) is 69.0 cm³/mol. The zero-order valence-corrected chi connectivity index (χ0v) is 11.1. The monoisotopic (exact) mass is 264 g/mol. The lowest BCUT2D eigenvalue weighted by Gasteiger charge is -2.10. The van der Waals surface area contributed by atoms with Crippen molar-refractivity contribution in [3.05, 3.63) is 17.0 Å². The van der Waals surface area contributed by atoms with Gasteiger partial charge < -0.3 is 14.6 Å². The Kier molecular flexibility index (Phi) is 3.82.